The van der Waals surface area contributed by atoms with Crippen LogP contribution in [0.2, 0.25) is 5.02 Å². The number of halogens is 1. The Morgan fingerprint density at radius 1 is 1.14 bits per heavy atom. The predicted molar refractivity (Wildman–Crippen MR) is 111 cm³/mol. The van der Waals surface area contributed by atoms with Gasteiger partial charge in [0, 0.05) is 42.8 Å². The first-order chi connectivity index (χ1) is 14.0. The van der Waals surface area contributed by atoms with E-state index in [4.69, 9.17) is 16.3 Å². The van der Waals surface area contributed by atoms with Crippen molar-refractivity contribution < 1.29 is 14.5 Å². The molecule has 7 nitrogen and oxygen atoms in total. The molecule has 1 amide bonds. The van der Waals surface area contributed by atoms with Gasteiger partial charge in [0.05, 0.1) is 11.5 Å². The van der Waals surface area contributed by atoms with Crippen molar-refractivity contribution in [3.8, 4) is 5.75 Å². The Hall–Kier alpha value is -2.80. The van der Waals surface area contributed by atoms with E-state index in [1.54, 1.807) is 29.2 Å². The van der Waals surface area contributed by atoms with Gasteiger partial charge in [-0.2, -0.15) is 0 Å². The van der Waals surface area contributed by atoms with Gasteiger partial charge in [0.15, 0.2) is 0 Å². The smallest absolute Gasteiger partial charge is 0.282 e. The van der Waals surface area contributed by atoms with Gasteiger partial charge in [-0.25, -0.2) is 0 Å². The maximum absolute atomic E-state index is 12.8. The molecule has 0 N–H and O–H groups in total. The Morgan fingerprint density at radius 3 is 2.66 bits per heavy atom. The van der Waals surface area contributed by atoms with Gasteiger partial charge in [-0.3, -0.25) is 14.9 Å². The largest absolute Gasteiger partial charge is 0.488 e. The highest BCUT2D eigenvalue weighted by Gasteiger charge is 2.30. The number of nitro groups is 1. The van der Waals surface area contributed by atoms with Crippen LogP contribution in [0.5, 0.6) is 5.75 Å². The summed E-state index contributed by atoms with van der Waals surface area (Å²) >= 11 is 6.01. The molecule has 29 heavy (non-hydrogen) atoms. The number of hydrogen-bond donors (Lipinski definition) is 0. The van der Waals surface area contributed by atoms with Crippen LogP contribution in [0.3, 0.4) is 0 Å². The molecule has 8 heteroatoms. The van der Waals surface area contributed by atoms with Crippen LogP contribution in [-0.2, 0) is 0 Å². The van der Waals surface area contributed by atoms with Gasteiger partial charge in [0.1, 0.15) is 17.4 Å². The highest BCUT2D eigenvalue weighted by atomic mass is 35.5. The lowest BCUT2D eigenvalue weighted by molar-refractivity contribution is -0.385. The second-order valence-corrected chi connectivity index (χ2v) is 7.83. The van der Waals surface area contributed by atoms with Crippen LogP contribution in [0, 0.1) is 10.1 Å². The highest BCUT2D eigenvalue weighted by Crippen LogP contribution is 2.30. The fourth-order valence-electron chi connectivity index (χ4n) is 3.93. The van der Waals surface area contributed by atoms with Crippen molar-refractivity contribution in [1.29, 1.82) is 0 Å². The molecule has 4 rings (SSSR count). The molecule has 2 aliphatic heterocycles. The highest BCUT2D eigenvalue weighted by molar-refractivity contribution is 6.30. The third kappa shape index (κ3) is 4.29. The molecule has 0 bridgehead atoms. The number of hydrogen-bond acceptors (Lipinski definition) is 5. The minimum atomic E-state index is -0.484. The van der Waals surface area contributed by atoms with Gasteiger partial charge in [-0.1, -0.05) is 17.7 Å². The molecule has 152 valence electrons. The van der Waals surface area contributed by atoms with Crippen LogP contribution in [-0.4, -0.2) is 48.0 Å². The third-order valence-electron chi connectivity index (χ3n) is 5.41. The molecule has 0 spiro atoms. The van der Waals surface area contributed by atoms with E-state index in [9.17, 15) is 14.9 Å². The normalized spacial score (nSPS) is 18.9. The molecule has 2 aliphatic rings. The topological polar surface area (TPSA) is 75.9 Å². The van der Waals surface area contributed by atoms with Gasteiger partial charge in [0.2, 0.25) is 0 Å². The molecule has 2 fully saturated rings. The molecule has 2 aromatic rings. The molecule has 0 radical (unpaired) electrons. The van der Waals surface area contributed by atoms with E-state index in [1.807, 2.05) is 12.1 Å². The van der Waals surface area contributed by atoms with E-state index in [2.05, 4.69) is 4.90 Å². The van der Waals surface area contributed by atoms with E-state index in [1.165, 1.54) is 6.07 Å². The zero-order valence-corrected chi connectivity index (χ0v) is 16.7. The van der Waals surface area contributed by atoms with Crippen LogP contribution < -0.4 is 9.64 Å². The number of carbonyl (C=O) groups excluding carboxylic acids is 1. The average Bonchev–Trinajstić information content (AvgIpc) is 3.39. The number of benzene rings is 2. The maximum atomic E-state index is 12.8. The molecular weight excluding hydrogens is 394 g/mol. The van der Waals surface area contributed by atoms with Crippen LogP contribution in [0.15, 0.2) is 42.5 Å². The van der Waals surface area contributed by atoms with E-state index in [0.717, 1.165) is 37.2 Å². The minimum Gasteiger partial charge on any atom is -0.488 e. The maximum Gasteiger partial charge on any atom is 0.282 e. The van der Waals surface area contributed by atoms with Crippen molar-refractivity contribution in [3.05, 3.63) is 63.2 Å². The number of nitro benzene ring substituents is 1. The first-order valence-electron chi connectivity index (χ1n) is 9.76. The van der Waals surface area contributed by atoms with Crippen LogP contribution in [0.1, 0.15) is 29.6 Å². The number of rotatable bonds is 5. The summed E-state index contributed by atoms with van der Waals surface area (Å²) in [6, 6.07) is 12.1. The summed E-state index contributed by atoms with van der Waals surface area (Å²) in [5, 5.41) is 12.1. The summed E-state index contributed by atoms with van der Waals surface area (Å²) in [5.74, 6) is 0.458. The standard InChI is InChI=1S/C21H22ClN3O4/c22-15-4-3-5-17(12-15)29-18-8-11-24(14-18)16-6-7-20(25(27)28)19(13-16)21(26)23-9-1-2-10-23/h3-7,12-13,18H,1-2,8-11,14H2. The van der Waals surface area contributed by atoms with Crippen molar-refractivity contribution in [2.75, 3.05) is 31.1 Å². The number of amides is 1. The molecule has 0 aromatic heterocycles. The van der Waals surface area contributed by atoms with Crippen molar-refractivity contribution >= 4 is 28.9 Å². The van der Waals surface area contributed by atoms with Gasteiger partial charge in [0.25, 0.3) is 11.6 Å². The summed E-state index contributed by atoms with van der Waals surface area (Å²) < 4.78 is 6.02. The van der Waals surface area contributed by atoms with Gasteiger partial charge < -0.3 is 14.5 Å². The molecule has 1 atom stereocenters. The Bertz CT molecular complexity index is 930. The molecule has 0 saturated carbocycles. The summed E-state index contributed by atoms with van der Waals surface area (Å²) in [7, 11) is 0. The number of anilines is 1. The average molecular weight is 416 g/mol. The number of likely N-dealkylation sites (tertiary alicyclic amines) is 1. The third-order valence-corrected chi connectivity index (χ3v) is 5.64. The predicted octanol–water partition coefficient (Wildman–Crippen LogP) is 4.14. The number of ether oxygens (including phenoxy) is 1. The fraction of sp³-hybridized carbons (Fsp3) is 0.381. The van der Waals surface area contributed by atoms with E-state index < -0.39 is 4.92 Å². The molecule has 2 heterocycles. The molecular formula is C21H22ClN3O4. The van der Waals surface area contributed by atoms with Crippen molar-refractivity contribution in [1.82, 2.24) is 4.90 Å². The van der Waals surface area contributed by atoms with E-state index in [-0.39, 0.29) is 23.3 Å². The Balaban J connectivity index is 1.52. The first-order valence-corrected chi connectivity index (χ1v) is 10.1. The summed E-state index contributed by atoms with van der Waals surface area (Å²) in [6.07, 6.45) is 2.68. The Morgan fingerprint density at radius 2 is 1.93 bits per heavy atom. The molecule has 2 aromatic carbocycles. The first kappa shape index (κ1) is 19.5. The van der Waals surface area contributed by atoms with Gasteiger partial charge in [-0.05, 0) is 43.2 Å². The lowest BCUT2D eigenvalue weighted by Gasteiger charge is -2.21. The molecule has 0 aliphatic carbocycles. The Kier molecular flexibility index (Phi) is 5.58. The SMILES string of the molecule is O=C(c1cc(N2CCC(Oc3cccc(Cl)c3)C2)ccc1[N+](=O)[O-])N1CCCC1. The van der Waals surface area contributed by atoms with Crippen molar-refractivity contribution in [3.63, 3.8) is 0 Å². The van der Waals surface area contributed by atoms with Gasteiger partial charge >= 0.3 is 0 Å². The van der Waals surface area contributed by atoms with Crippen molar-refractivity contribution in [2.45, 2.75) is 25.4 Å². The molecule has 1 unspecified atom stereocenters. The van der Waals surface area contributed by atoms with Gasteiger partial charge in [-0.15, -0.1) is 0 Å². The van der Waals surface area contributed by atoms with Crippen LogP contribution in [0.25, 0.3) is 0 Å². The van der Waals surface area contributed by atoms with E-state index in [0.29, 0.717) is 24.7 Å². The zero-order chi connectivity index (χ0) is 20.4. The van der Waals surface area contributed by atoms with Crippen molar-refractivity contribution in [2.24, 2.45) is 0 Å². The lowest BCUT2D eigenvalue weighted by Crippen LogP contribution is -2.29. The lowest BCUT2D eigenvalue weighted by atomic mass is 10.1. The summed E-state index contributed by atoms with van der Waals surface area (Å²) in [4.78, 5) is 27.6. The van der Waals surface area contributed by atoms with Crippen LogP contribution in [0.4, 0.5) is 11.4 Å². The summed E-state index contributed by atoms with van der Waals surface area (Å²) in [5.41, 5.74) is 0.820. The quantitative estimate of drug-likeness (QED) is 0.541. The number of nitrogens with zero attached hydrogens (tertiary/aromatic N) is 3. The summed E-state index contributed by atoms with van der Waals surface area (Å²) in [6.45, 7) is 2.70. The second kappa shape index (κ2) is 8.29. The number of carbonyl (C=O) groups is 1. The molecule has 2 saturated heterocycles. The van der Waals surface area contributed by atoms with E-state index >= 15 is 0 Å². The Labute approximate surface area is 174 Å². The second-order valence-electron chi connectivity index (χ2n) is 7.39. The minimum absolute atomic E-state index is 0.0126. The monoisotopic (exact) mass is 415 g/mol. The zero-order valence-electron chi connectivity index (χ0n) is 15.9. The van der Waals surface area contributed by atoms with Crippen LogP contribution >= 0.6 is 11.6 Å². The fourth-order valence-corrected chi connectivity index (χ4v) is 4.11.